The van der Waals surface area contributed by atoms with Crippen LogP contribution < -0.4 is 10.5 Å². The number of anilines is 1. The molecule has 0 saturated heterocycles. The lowest BCUT2D eigenvalue weighted by atomic mass is 9.95. The minimum Gasteiger partial charge on any atom is -0.496 e. The van der Waals surface area contributed by atoms with Crippen LogP contribution in [0.2, 0.25) is 0 Å². The van der Waals surface area contributed by atoms with Gasteiger partial charge in [0.25, 0.3) is 0 Å². The number of nitrogens with zero attached hydrogens (tertiary/aromatic N) is 1. The van der Waals surface area contributed by atoms with Gasteiger partial charge in [-0.1, -0.05) is 30.3 Å². The number of hydrogen-bond donors (Lipinski definition) is 1. The molecule has 4 heteroatoms. The second-order valence-electron chi connectivity index (χ2n) is 5.13. The number of benzene rings is 1. The molecule has 1 unspecified atom stereocenters. The molecule has 1 aromatic heterocycles. The Labute approximate surface area is 112 Å². The van der Waals surface area contributed by atoms with E-state index >= 15 is 0 Å². The summed E-state index contributed by atoms with van der Waals surface area (Å²) in [6.45, 7) is 2.18. The van der Waals surface area contributed by atoms with Crippen LogP contribution >= 0.6 is 0 Å². The zero-order valence-corrected chi connectivity index (χ0v) is 11.2. The van der Waals surface area contributed by atoms with Gasteiger partial charge in [-0.2, -0.15) is 0 Å². The highest BCUT2D eigenvalue weighted by Gasteiger charge is 2.34. The van der Waals surface area contributed by atoms with E-state index in [1.807, 2.05) is 24.3 Å². The first kappa shape index (κ1) is 12.1. The minimum absolute atomic E-state index is 0.352. The van der Waals surface area contributed by atoms with Crippen LogP contribution in [0.4, 0.5) is 5.82 Å². The number of methoxy groups -OCH3 is 1. The third-order valence-electron chi connectivity index (χ3n) is 3.86. The molecule has 3 rings (SSSR count). The van der Waals surface area contributed by atoms with Crippen molar-refractivity contribution < 1.29 is 9.26 Å². The summed E-state index contributed by atoms with van der Waals surface area (Å²) >= 11 is 0. The summed E-state index contributed by atoms with van der Waals surface area (Å²) in [6.07, 6.45) is 2.51. The maximum Gasteiger partial charge on any atom is 0.175 e. The average molecular weight is 258 g/mol. The maximum absolute atomic E-state index is 5.99. The van der Waals surface area contributed by atoms with Crippen LogP contribution in [0.15, 0.2) is 28.8 Å². The van der Waals surface area contributed by atoms with Gasteiger partial charge in [0.1, 0.15) is 11.5 Å². The number of ether oxygens (including phenoxy) is 1. The Morgan fingerprint density at radius 1 is 1.37 bits per heavy atom. The van der Waals surface area contributed by atoms with Gasteiger partial charge in [0.2, 0.25) is 0 Å². The molecule has 100 valence electrons. The minimum atomic E-state index is 0.352. The number of hydrogen-bond acceptors (Lipinski definition) is 4. The third-order valence-corrected chi connectivity index (χ3v) is 3.86. The number of rotatable bonds is 4. The van der Waals surface area contributed by atoms with E-state index in [0.29, 0.717) is 17.7 Å². The summed E-state index contributed by atoms with van der Waals surface area (Å²) in [5.74, 6) is 3.16. The van der Waals surface area contributed by atoms with Crippen molar-refractivity contribution in [2.24, 2.45) is 5.92 Å². The summed E-state index contributed by atoms with van der Waals surface area (Å²) < 4.78 is 10.9. The Morgan fingerprint density at radius 3 is 2.79 bits per heavy atom. The van der Waals surface area contributed by atoms with Crippen LogP contribution in [-0.2, 0) is 0 Å². The summed E-state index contributed by atoms with van der Waals surface area (Å²) in [6, 6.07) is 7.82. The Hall–Kier alpha value is -1.97. The van der Waals surface area contributed by atoms with Gasteiger partial charge in [-0.15, -0.1) is 0 Å². The molecule has 1 fully saturated rings. The summed E-state index contributed by atoms with van der Waals surface area (Å²) in [5.41, 5.74) is 7.83. The number of nitrogens with two attached hydrogens (primary N) is 1. The Balaban J connectivity index is 2.10. The molecule has 0 bridgehead atoms. The van der Waals surface area contributed by atoms with Crippen molar-refractivity contribution in [2.75, 3.05) is 12.8 Å². The molecule has 19 heavy (non-hydrogen) atoms. The monoisotopic (exact) mass is 258 g/mol. The van der Waals surface area contributed by atoms with Crippen molar-refractivity contribution in [1.82, 2.24) is 5.16 Å². The molecule has 1 atom stereocenters. The van der Waals surface area contributed by atoms with Crippen molar-refractivity contribution in [3.8, 4) is 16.9 Å². The van der Waals surface area contributed by atoms with Crippen molar-refractivity contribution in [2.45, 2.75) is 25.7 Å². The summed E-state index contributed by atoms with van der Waals surface area (Å²) in [5, 5.41) is 3.95. The second kappa shape index (κ2) is 4.61. The highest BCUT2D eigenvalue weighted by molar-refractivity contribution is 5.80. The molecule has 0 radical (unpaired) electrons. The van der Waals surface area contributed by atoms with Gasteiger partial charge in [0.05, 0.1) is 12.7 Å². The molecule has 0 spiro atoms. The topological polar surface area (TPSA) is 61.3 Å². The lowest BCUT2D eigenvalue weighted by Gasteiger charge is -2.11. The van der Waals surface area contributed by atoms with E-state index < -0.39 is 0 Å². The van der Waals surface area contributed by atoms with Crippen LogP contribution in [0.25, 0.3) is 11.1 Å². The molecule has 4 nitrogen and oxygen atoms in total. The van der Waals surface area contributed by atoms with Crippen LogP contribution in [0.3, 0.4) is 0 Å². The Bertz CT molecular complexity index is 588. The van der Waals surface area contributed by atoms with Gasteiger partial charge in [0, 0.05) is 11.5 Å². The van der Waals surface area contributed by atoms with E-state index in [1.54, 1.807) is 7.11 Å². The van der Waals surface area contributed by atoms with Gasteiger partial charge in [0.15, 0.2) is 5.82 Å². The van der Waals surface area contributed by atoms with Gasteiger partial charge in [-0.3, -0.25) is 0 Å². The highest BCUT2D eigenvalue weighted by Crippen LogP contribution is 2.47. The lowest BCUT2D eigenvalue weighted by Crippen LogP contribution is -1.98. The third kappa shape index (κ3) is 2.07. The first-order chi connectivity index (χ1) is 9.22. The average Bonchev–Trinajstić information content (AvgIpc) is 3.21. The van der Waals surface area contributed by atoms with Gasteiger partial charge in [-0.05, 0) is 24.8 Å². The second-order valence-corrected chi connectivity index (χ2v) is 5.13. The first-order valence-electron chi connectivity index (χ1n) is 6.60. The fourth-order valence-electron chi connectivity index (χ4n) is 2.56. The van der Waals surface area contributed by atoms with Gasteiger partial charge < -0.3 is 15.0 Å². The molecule has 2 N–H and O–H groups in total. The van der Waals surface area contributed by atoms with E-state index in [0.717, 1.165) is 22.6 Å². The molecular weight excluding hydrogens is 240 g/mol. The van der Waals surface area contributed by atoms with Crippen molar-refractivity contribution >= 4 is 5.82 Å². The SMILES string of the molecule is COc1ccccc1-c1c(N)noc1C(C)C1CC1. The van der Waals surface area contributed by atoms with Crippen molar-refractivity contribution in [3.05, 3.63) is 30.0 Å². The molecule has 1 heterocycles. The van der Waals surface area contributed by atoms with Gasteiger partial charge in [-0.25, -0.2) is 0 Å². The zero-order valence-electron chi connectivity index (χ0n) is 11.2. The molecular formula is C15H18N2O2. The predicted octanol–water partition coefficient (Wildman–Crippen LogP) is 3.45. The maximum atomic E-state index is 5.99. The van der Waals surface area contributed by atoms with Crippen molar-refractivity contribution in [1.29, 1.82) is 0 Å². The normalized spacial score (nSPS) is 16.3. The summed E-state index contributed by atoms with van der Waals surface area (Å²) in [4.78, 5) is 0. The Morgan fingerprint density at radius 2 is 2.11 bits per heavy atom. The molecule has 0 aliphatic heterocycles. The summed E-state index contributed by atoms with van der Waals surface area (Å²) in [7, 11) is 1.66. The van der Waals surface area contributed by atoms with E-state index in [9.17, 15) is 0 Å². The van der Waals surface area contributed by atoms with E-state index in [1.165, 1.54) is 12.8 Å². The molecule has 2 aromatic rings. The highest BCUT2D eigenvalue weighted by atomic mass is 16.5. The zero-order chi connectivity index (χ0) is 13.4. The van der Waals surface area contributed by atoms with E-state index in [-0.39, 0.29) is 0 Å². The van der Waals surface area contributed by atoms with Crippen molar-refractivity contribution in [3.63, 3.8) is 0 Å². The smallest absolute Gasteiger partial charge is 0.175 e. The molecule has 1 saturated carbocycles. The number of aromatic nitrogens is 1. The van der Waals surface area contributed by atoms with Crippen LogP contribution in [-0.4, -0.2) is 12.3 Å². The largest absolute Gasteiger partial charge is 0.496 e. The van der Waals surface area contributed by atoms with Gasteiger partial charge >= 0.3 is 0 Å². The fourth-order valence-corrected chi connectivity index (χ4v) is 2.56. The lowest BCUT2D eigenvalue weighted by molar-refractivity contribution is 0.358. The molecule has 1 aliphatic rings. The fraction of sp³-hybridized carbons (Fsp3) is 0.400. The predicted molar refractivity (Wildman–Crippen MR) is 74.0 cm³/mol. The Kier molecular flexibility index (Phi) is 2.93. The number of para-hydroxylation sites is 1. The molecule has 1 aliphatic carbocycles. The molecule has 1 aromatic carbocycles. The quantitative estimate of drug-likeness (QED) is 0.912. The van der Waals surface area contributed by atoms with E-state index in [4.69, 9.17) is 15.0 Å². The molecule has 0 amide bonds. The van der Waals surface area contributed by atoms with Crippen LogP contribution in [0.1, 0.15) is 31.4 Å². The first-order valence-corrected chi connectivity index (χ1v) is 6.60. The van der Waals surface area contributed by atoms with E-state index in [2.05, 4.69) is 12.1 Å². The van der Waals surface area contributed by atoms with Crippen LogP contribution in [0, 0.1) is 5.92 Å². The number of nitrogen functional groups attached to an aromatic ring is 1. The standard InChI is InChI=1S/C15H18N2O2/c1-9(10-7-8-10)14-13(15(16)17-19-14)11-5-3-4-6-12(11)18-2/h3-6,9-10H,7-8H2,1-2H3,(H2,16,17). The van der Waals surface area contributed by atoms with Crippen LogP contribution in [0.5, 0.6) is 5.75 Å².